The van der Waals surface area contributed by atoms with Crippen molar-refractivity contribution in [2.24, 2.45) is 5.50 Å². The maximum atomic E-state index is 9.88. The van der Waals surface area contributed by atoms with Crippen LogP contribution in [0.1, 0.15) is 0 Å². The molecule has 1 unspecified atom stereocenters. The number of hydrogen-bond acceptors (Lipinski definition) is 2. The Kier molecular flexibility index (Phi) is 2.00. The lowest BCUT2D eigenvalue weighted by atomic mass is 11.0. The van der Waals surface area contributed by atoms with Crippen LogP contribution in [0.2, 0.25) is 0 Å². The van der Waals surface area contributed by atoms with E-state index in [2.05, 4.69) is 12.1 Å². The van der Waals surface area contributed by atoms with Gasteiger partial charge in [-0.15, -0.1) is 5.73 Å². The molecule has 1 atom stereocenters. The normalized spacial score (nSPS) is 16.9. The van der Waals surface area contributed by atoms with Gasteiger partial charge in [-0.3, -0.25) is 5.50 Å². The topological polar surface area (TPSA) is 66.2 Å². The van der Waals surface area contributed by atoms with Crippen LogP contribution in [0.25, 0.3) is 0 Å². The third-order valence-electron chi connectivity index (χ3n) is 0.271. The van der Waals surface area contributed by atoms with Crippen molar-refractivity contribution >= 4 is 7.52 Å². The van der Waals surface area contributed by atoms with Crippen LogP contribution in [-0.4, -0.2) is 0 Å². The van der Waals surface area contributed by atoms with E-state index in [1.807, 2.05) is 5.73 Å². The van der Waals surface area contributed by atoms with E-state index in [4.69, 9.17) is 0 Å². The van der Waals surface area contributed by atoms with Crippen LogP contribution in [-0.2, 0) is 4.57 Å². The van der Waals surface area contributed by atoms with Crippen molar-refractivity contribution in [2.45, 2.75) is 0 Å². The molecule has 0 saturated carbocycles. The third kappa shape index (κ3) is 5.67. The first-order valence-corrected chi connectivity index (χ1v) is 3.29. The second-order valence-electron chi connectivity index (χ2n) is 0.978. The highest BCUT2D eigenvalue weighted by atomic mass is 31.2. The Morgan fingerprint density at radius 1 is 2.00 bits per heavy atom. The fourth-order valence-corrected chi connectivity index (χ4v) is 0.382. The molecule has 2 N–H and O–H groups in total. The molecule has 0 radical (unpaired) electrons. The Balaban J connectivity index is 4.10. The Labute approximate surface area is 41.7 Å². The van der Waals surface area contributed by atoms with Crippen molar-refractivity contribution in [1.29, 1.82) is 0 Å². The highest BCUT2D eigenvalue weighted by molar-refractivity contribution is 7.57. The molecular weight excluding hydrogens is 113 g/mol. The Morgan fingerprint density at radius 2 is 2.43 bits per heavy atom. The van der Waals surface area contributed by atoms with Gasteiger partial charge in [0.25, 0.3) is 0 Å². The minimum absolute atomic E-state index is 0.729. The fraction of sp³-hybridized carbons (Fsp3) is 0. The van der Waals surface area contributed by atoms with Crippen molar-refractivity contribution in [3.63, 3.8) is 0 Å². The monoisotopic (exact) mass is 118 g/mol. The first-order chi connectivity index (χ1) is 3.06. The van der Waals surface area contributed by atoms with Gasteiger partial charge >= 0.3 is 0 Å². The van der Waals surface area contributed by atoms with Gasteiger partial charge in [-0.05, 0) is 0 Å². The van der Waals surface area contributed by atoms with Gasteiger partial charge in [0.1, 0.15) is 7.52 Å². The summed E-state index contributed by atoms with van der Waals surface area (Å²) in [6.07, 6.45) is 0. The van der Waals surface area contributed by atoms with Crippen molar-refractivity contribution < 1.29 is 9.46 Å². The van der Waals surface area contributed by atoms with Crippen molar-refractivity contribution in [1.82, 2.24) is 0 Å². The maximum Gasteiger partial charge on any atom is 0.104 e. The molecule has 0 aliphatic carbocycles. The predicted molar refractivity (Wildman–Crippen MR) is 25.5 cm³/mol. The van der Waals surface area contributed by atoms with Gasteiger partial charge in [-0.1, -0.05) is 6.58 Å². The second kappa shape index (κ2) is 2.10. The Hall–Kier alpha value is -0.330. The summed E-state index contributed by atoms with van der Waals surface area (Å²) < 4.78 is 9.88. The lowest BCUT2D eigenvalue weighted by Gasteiger charge is -2.07. The largest absolute Gasteiger partial charge is 0.785 e. The first-order valence-electron chi connectivity index (χ1n) is 1.52. The standard InChI is InChI=1S/C3H6NO2P/c1-2-3-7(4,5)6/h3H,1H2,(H3,4,5,6)/p-1. The van der Waals surface area contributed by atoms with Crippen LogP contribution in [0.4, 0.5) is 0 Å². The zero-order valence-electron chi connectivity index (χ0n) is 3.63. The molecule has 0 aromatic heterocycles. The molecule has 0 aliphatic rings. The highest BCUT2D eigenvalue weighted by Crippen LogP contribution is 2.23. The van der Waals surface area contributed by atoms with Crippen LogP contribution >= 0.6 is 7.52 Å². The van der Waals surface area contributed by atoms with Gasteiger partial charge in [0.2, 0.25) is 0 Å². The number of hydrogen-bond donors (Lipinski definition) is 1. The zero-order valence-corrected chi connectivity index (χ0v) is 4.52. The minimum Gasteiger partial charge on any atom is -0.785 e. The van der Waals surface area contributed by atoms with Crippen molar-refractivity contribution in [2.75, 3.05) is 0 Å². The summed E-state index contributed by atoms with van der Waals surface area (Å²) in [6, 6.07) is 0. The summed E-state index contributed by atoms with van der Waals surface area (Å²) in [5, 5.41) is 0. The zero-order chi connectivity index (χ0) is 5.91. The molecule has 0 heterocycles. The van der Waals surface area contributed by atoms with Gasteiger partial charge in [0, 0.05) is 5.82 Å². The molecule has 0 saturated heterocycles. The molecule has 0 amide bonds. The lowest BCUT2D eigenvalue weighted by molar-refractivity contribution is -0.171. The minimum atomic E-state index is -3.71. The van der Waals surface area contributed by atoms with Crippen molar-refractivity contribution in [3.8, 4) is 0 Å². The molecule has 0 bridgehead atoms. The summed E-state index contributed by atoms with van der Waals surface area (Å²) in [4.78, 5) is 9.88. The summed E-state index contributed by atoms with van der Waals surface area (Å²) in [7, 11) is -3.71. The first kappa shape index (κ1) is 6.67. The van der Waals surface area contributed by atoms with E-state index in [1.165, 1.54) is 0 Å². The van der Waals surface area contributed by atoms with E-state index in [1.54, 1.807) is 0 Å². The van der Waals surface area contributed by atoms with Gasteiger partial charge in [-0.25, -0.2) is 0 Å². The van der Waals surface area contributed by atoms with Crippen molar-refractivity contribution in [3.05, 3.63) is 18.1 Å². The van der Waals surface area contributed by atoms with E-state index in [-0.39, 0.29) is 0 Å². The Bertz CT molecular complexity index is 141. The molecule has 0 aromatic carbocycles. The van der Waals surface area contributed by atoms with Gasteiger partial charge < -0.3 is 9.46 Å². The molecule has 4 heteroatoms. The average Bonchev–Trinajstić information content (AvgIpc) is 1.30. The smallest absolute Gasteiger partial charge is 0.104 e. The van der Waals surface area contributed by atoms with Crippen LogP contribution in [0.3, 0.4) is 0 Å². The van der Waals surface area contributed by atoms with Gasteiger partial charge in [-0.2, -0.15) is 0 Å². The van der Waals surface area contributed by atoms with Crippen LogP contribution in [0, 0.1) is 0 Å². The lowest BCUT2D eigenvalue weighted by Crippen LogP contribution is -2.05. The van der Waals surface area contributed by atoms with E-state index in [0.717, 1.165) is 5.82 Å². The van der Waals surface area contributed by atoms with E-state index in [9.17, 15) is 9.46 Å². The highest BCUT2D eigenvalue weighted by Gasteiger charge is 1.84. The molecule has 0 aromatic rings. The van der Waals surface area contributed by atoms with Crippen LogP contribution in [0.15, 0.2) is 18.1 Å². The fourth-order valence-electron chi connectivity index (χ4n) is 0.127. The summed E-state index contributed by atoms with van der Waals surface area (Å²) in [5.41, 5.74) is 6.52. The molecule has 0 fully saturated rings. The molecule has 0 aliphatic heterocycles. The molecule has 3 nitrogen and oxygen atoms in total. The van der Waals surface area contributed by atoms with Gasteiger partial charge in [0.15, 0.2) is 0 Å². The summed E-state index contributed by atoms with van der Waals surface area (Å²) in [6.45, 7) is 3.01. The number of nitrogens with two attached hydrogens (primary N) is 1. The van der Waals surface area contributed by atoms with E-state index in [0.29, 0.717) is 0 Å². The molecule has 0 rings (SSSR count). The summed E-state index contributed by atoms with van der Waals surface area (Å²) in [5.74, 6) is 0.729. The van der Waals surface area contributed by atoms with E-state index < -0.39 is 7.52 Å². The Morgan fingerprint density at radius 3 is 2.43 bits per heavy atom. The molecular formula is C3H5NO2P-. The maximum absolute atomic E-state index is 9.88. The molecule has 7 heavy (non-hydrogen) atoms. The quantitative estimate of drug-likeness (QED) is 0.383. The average molecular weight is 118 g/mol. The predicted octanol–water partition coefficient (Wildman–Crippen LogP) is -0.203. The van der Waals surface area contributed by atoms with Gasteiger partial charge in [0.05, 0.1) is 0 Å². The van der Waals surface area contributed by atoms with Crippen LogP contribution in [0.5, 0.6) is 0 Å². The SMILES string of the molecule is C=C=CP(N)(=O)[O-]. The second-order valence-corrected chi connectivity index (χ2v) is 2.53. The summed E-state index contributed by atoms with van der Waals surface area (Å²) >= 11 is 0. The van der Waals surface area contributed by atoms with E-state index >= 15 is 0 Å². The molecule has 0 spiro atoms. The van der Waals surface area contributed by atoms with Crippen LogP contribution < -0.4 is 10.4 Å². The molecule has 40 valence electrons. The number of rotatable bonds is 1. The third-order valence-corrected chi connectivity index (χ3v) is 0.814.